The Kier molecular flexibility index (Phi) is 19.4. The topological polar surface area (TPSA) is 276 Å². The van der Waals surface area contributed by atoms with E-state index in [1.54, 1.807) is 48.5 Å². The van der Waals surface area contributed by atoms with Gasteiger partial charge >= 0.3 is 0 Å². The Morgan fingerprint density at radius 3 is 1.26 bits per heavy atom. The van der Waals surface area contributed by atoms with Crippen molar-refractivity contribution in [2.75, 3.05) is 13.1 Å². The van der Waals surface area contributed by atoms with Gasteiger partial charge in [0.1, 0.15) is 0 Å². The van der Waals surface area contributed by atoms with Crippen LogP contribution in [0.25, 0.3) is 22.1 Å². The zero-order chi connectivity index (χ0) is 46.3. The number of carbonyl (C=O) groups excluding carboxylic acids is 8. The summed E-state index contributed by atoms with van der Waals surface area (Å²) in [6.07, 6.45) is -0.306. The highest BCUT2D eigenvalue weighted by Crippen LogP contribution is 2.22. The third-order valence-electron chi connectivity index (χ3n) is 8.98. The van der Waals surface area contributed by atoms with Crippen LogP contribution in [-0.2, 0) is 28.8 Å². The van der Waals surface area contributed by atoms with Gasteiger partial charge in [0.25, 0.3) is 23.1 Å². The maximum absolute atomic E-state index is 13.3. The summed E-state index contributed by atoms with van der Waals surface area (Å²) in [5.74, 6) is -7.36. The van der Waals surface area contributed by atoms with Gasteiger partial charge in [-0.25, -0.2) is 28.8 Å². The fraction of sp³-hybridized carbons (Fsp3) is 0.450. The zero-order valence-electron chi connectivity index (χ0n) is 34.5. The zero-order valence-corrected chi connectivity index (χ0v) is 36.0. The molecule has 4 atom stereocenters. The molecule has 62 heavy (non-hydrogen) atoms. The molecule has 0 bridgehead atoms. The van der Waals surface area contributed by atoms with Crippen molar-refractivity contribution in [1.82, 2.24) is 40.8 Å². The number of nitrogens with zero attached hydrogens (tertiary/aromatic N) is 4. The molecule has 18 nitrogen and oxygen atoms in total. The Hall–Kier alpha value is -6.02. The summed E-state index contributed by atoms with van der Waals surface area (Å²) >= 11 is 10.4. The van der Waals surface area contributed by atoms with Gasteiger partial charge in [0.2, 0.25) is 23.6 Å². The molecule has 0 spiro atoms. The lowest BCUT2D eigenvalue weighted by molar-refractivity contribution is -0.145. The van der Waals surface area contributed by atoms with Crippen molar-refractivity contribution in [3.63, 3.8) is 0 Å². The number of fused-ring (bicyclic) bond motifs is 2. The average Bonchev–Trinajstić information content (AvgIpc) is 3.85. The van der Waals surface area contributed by atoms with Gasteiger partial charge in [-0.2, -0.15) is 0 Å². The molecular weight excluding hydrogens is 857 g/mol. The minimum atomic E-state index is -2.41. The molecule has 336 valence electrons. The molecule has 0 fully saturated rings. The van der Waals surface area contributed by atoms with E-state index in [2.05, 4.69) is 30.8 Å². The predicted molar refractivity (Wildman–Crippen MR) is 225 cm³/mol. The summed E-state index contributed by atoms with van der Waals surface area (Å²) in [7, 11) is 0. The van der Waals surface area contributed by atoms with Crippen molar-refractivity contribution in [2.45, 2.75) is 77.5 Å². The van der Waals surface area contributed by atoms with Crippen LogP contribution in [0.1, 0.15) is 87.5 Å². The van der Waals surface area contributed by atoms with Gasteiger partial charge in [0.05, 0.1) is 35.2 Å². The SMILES string of the molecule is CC(C)C[C@H](CC(=O)c1nc2ccccc2[nH]1)C(=O)NN(CCC(N)=O)C(=O)[C@@H](F)Cl.CC(C)C[C@H](CC(=O)c1nc2ccccc2[nH]1)C(=O)NN(CCC(N)=O)C(=O)[C@H](F)Cl. The molecule has 0 aliphatic heterocycles. The second-order valence-corrected chi connectivity index (χ2v) is 15.8. The minimum absolute atomic E-state index is 0.0518. The molecule has 6 amide bonds. The van der Waals surface area contributed by atoms with E-state index in [0.717, 1.165) is 0 Å². The quantitative estimate of drug-likeness (QED) is 0.0419. The first-order valence-electron chi connectivity index (χ1n) is 19.5. The first-order chi connectivity index (χ1) is 29.2. The van der Waals surface area contributed by atoms with Crippen molar-refractivity contribution in [1.29, 1.82) is 0 Å². The standard InChI is InChI=1S/2C20H25ClFN5O4/c2*1-11(2)9-12(10-15(28)18-24-13-5-3-4-6-14(13)25-18)19(30)26-27(8-7-16(23)29)20(31)17(21)22/h2*3-6,11-12,17H,7-10H2,1-2H3,(H2,23,29)(H,24,25)(H,26,30)/t12-,17+;12-,17-/m11/s1. The summed E-state index contributed by atoms with van der Waals surface area (Å²) in [5, 5.41) is 1.23. The number of carbonyl (C=O) groups is 8. The van der Waals surface area contributed by atoms with Crippen LogP contribution in [0.4, 0.5) is 8.78 Å². The van der Waals surface area contributed by atoms with Gasteiger partial charge in [-0.1, -0.05) is 75.2 Å². The molecule has 2 heterocycles. The van der Waals surface area contributed by atoms with Crippen LogP contribution in [0.2, 0.25) is 0 Å². The Balaban J connectivity index is 0.000000330. The molecule has 2 aromatic carbocycles. The largest absolute Gasteiger partial charge is 0.370 e. The molecule has 0 aliphatic carbocycles. The number of primary amides is 2. The van der Waals surface area contributed by atoms with Crippen molar-refractivity contribution in [3.8, 4) is 0 Å². The fourth-order valence-corrected chi connectivity index (χ4v) is 6.32. The lowest BCUT2D eigenvalue weighted by Crippen LogP contribution is -2.51. The Morgan fingerprint density at radius 2 is 0.968 bits per heavy atom. The summed E-state index contributed by atoms with van der Waals surface area (Å²) in [6.45, 7) is 6.80. The second-order valence-electron chi connectivity index (χ2n) is 15.1. The van der Waals surface area contributed by atoms with Gasteiger partial charge in [-0.05, 0) is 48.9 Å². The van der Waals surface area contributed by atoms with Crippen LogP contribution >= 0.6 is 23.2 Å². The number of rotatable bonds is 20. The van der Waals surface area contributed by atoms with E-state index in [9.17, 15) is 47.1 Å². The third-order valence-corrected chi connectivity index (χ3v) is 9.36. The molecule has 0 saturated carbocycles. The number of hydrogen-bond acceptors (Lipinski definition) is 10. The summed E-state index contributed by atoms with van der Waals surface area (Å²) in [6, 6.07) is 14.2. The van der Waals surface area contributed by atoms with Gasteiger partial charge < -0.3 is 21.4 Å². The number of H-pyrrole nitrogens is 2. The molecule has 0 unspecified atom stereocenters. The number of Topliss-reactive ketones (excluding diaryl/α,β-unsaturated/α-hetero) is 2. The lowest BCUT2D eigenvalue weighted by Gasteiger charge is -2.26. The average molecular weight is 908 g/mol. The Labute approximate surface area is 365 Å². The van der Waals surface area contributed by atoms with Crippen molar-refractivity contribution in [3.05, 3.63) is 60.2 Å². The number of aromatic amines is 2. The number of aromatic nitrogens is 4. The smallest absolute Gasteiger partial charge is 0.291 e. The summed E-state index contributed by atoms with van der Waals surface area (Å²) < 4.78 is 26.6. The fourth-order valence-electron chi connectivity index (χ4n) is 6.09. The van der Waals surface area contributed by atoms with Crippen LogP contribution in [-0.4, -0.2) is 101 Å². The van der Waals surface area contributed by atoms with E-state index in [1.165, 1.54) is 0 Å². The summed E-state index contributed by atoms with van der Waals surface area (Å²) in [4.78, 5) is 111. The van der Waals surface area contributed by atoms with Gasteiger partial charge in [0, 0.05) is 37.5 Å². The number of halogens is 4. The molecule has 2 aromatic heterocycles. The first-order valence-corrected chi connectivity index (χ1v) is 20.4. The Bertz CT molecular complexity index is 2010. The number of alkyl halides is 4. The molecule has 4 aromatic rings. The highest BCUT2D eigenvalue weighted by molar-refractivity contribution is 6.29. The molecule has 22 heteroatoms. The molecular formula is C40H50Cl2F2N10O8. The molecule has 0 radical (unpaired) electrons. The highest BCUT2D eigenvalue weighted by Gasteiger charge is 2.31. The number of para-hydroxylation sites is 4. The number of amides is 6. The van der Waals surface area contributed by atoms with Crippen molar-refractivity contribution in [2.24, 2.45) is 35.1 Å². The van der Waals surface area contributed by atoms with E-state index in [0.29, 0.717) is 44.9 Å². The van der Waals surface area contributed by atoms with E-state index >= 15 is 0 Å². The number of hydrogen-bond donors (Lipinski definition) is 6. The van der Waals surface area contributed by atoms with Gasteiger partial charge in [-0.3, -0.25) is 49.2 Å². The number of nitrogens with one attached hydrogen (secondary N) is 4. The van der Waals surface area contributed by atoms with E-state index in [4.69, 9.17) is 34.7 Å². The van der Waals surface area contributed by atoms with Gasteiger partial charge in [-0.15, -0.1) is 0 Å². The molecule has 8 N–H and O–H groups in total. The molecule has 0 aliphatic rings. The monoisotopic (exact) mass is 906 g/mol. The number of benzene rings is 2. The third kappa shape index (κ3) is 15.8. The van der Waals surface area contributed by atoms with Crippen molar-refractivity contribution < 1.29 is 47.1 Å². The van der Waals surface area contributed by atoms with Gasteiger partial charge in [0.15, 0.2) is 23.2 Å². The number of imidazole rings is 2. The van der Waals surface area contributed by atoms with E-state index in [-0.39, 0.29) is 73.8 Å². The molecule has 0 saturated heterocycles. The normalized spacial score (nSPS) is 13.1. The van der Waals surface area contributed by atoms with Crippen LogP contribution in [0.15, 0.2) is 48.5 Å². The summed E-state index contributed by atoms with van der Waals surface area (Å²) in [5.41, 5.74) is 12.5. The minimum Gasteiger partial charge on any atom is -0.370 e. The second kappa shape index (κ2) is 23.8. The Morgan fingerprint density at radius 1 is 0.629 bits per heavy atom. The van der Waals surface area contributed by atoms with Crippen LogP contribution in [0.5, 0.6) is 0 Å². The van der Waals surface area contributed by atoms with Crippen LogP contribution in [0.3, 0.4) is 0 Å². The number of hydrazine groups is 2. The first kappa shape index (κ1) is 50.3. The van der Waals surface area contributed by atoms with Crippen LogP contribution < -0.4 is 22.3 Å². The number of nitrogens with two attached hydrogens (primary N) is 2. The van der Waals surface area contributed by atoms with Crippen LogP contribution in [0, 0.1) is 23.7 Å². The van der Waals surface area contributed by atoms with E-state index in [1.807, 2.05) is 27.7 Å². The maximum atomic E-state index is 13.3. The predicted octanol–water partition coefficient (Wildman–Crippen LogP) is 4.14. The highest BCUT2D eigenvalue weighted by atomic mass is 35.5. The lowest BCUT2D eigenvalue weighted by atomic mass is 9.91. The van der Waals surface area contributed by atoms with E-state index < -0.39 is 58.5 Å². The maximum Gasteiger partial charge on any atom is 0.291 e. The molecule has 4 rings (SSSR count). The number of ketones is 2. The van der Waals surface area contributed by atoms with Crippen molar-refractivity contribution >= 4 is 92.3 Å².